The molecule has 32 heavy (non-hydrogen) atoms. The second-order valence-electron chi connectivity index (χ2n) is 10.5. The van der Waals surface area contributed by atoms with Crippen molar-refractivity contribution < 1.29 is 14.3 Å². The molecule has 2 aromatic heterocycles. The van der Waals surface area contributed by atoms with Gasteiger partial charge in [-0.15, -0.1) is 0 Å². The molecule has 2 aliphatic heterocycles. The van der Waals surface area contributed by atoms with Crippen molar-refractivity contribution in [3.8, 4) is 5.75 Å². The molecule has 8 heteroatoms. The molecule has 8 nitrogen and oxygen atoms in total. The summed E-state index contributed by atoms with van der Waals surface area (Å²) in [5, 5.41) is 12.4. The summed E-state index contributed by atoms with van der Waals surface area (Å²) in [6.07, 6.45) is 4.73. The molecule has 168 valence electrons. The monoisotopic (exact) mass is 435 g/mol. The Morgan fingerprint density at radius 1 is 1.19 bits per heavy atom. The molecule has 0 radical (unpaired) electrons. The number of carbonyl (C=O) groups is 2. The number of nitrogens with one attached hydrogen (secondary N) is 1. The number of amides is 1. The normalized spacial score (nSPS) is 19.8. The van der Waals surface area contributed by atoms with Gasteiger partial charge in [-0.3, -0.25) is 19.4 Å². The van der Waals surface area contributed by atoms with Gasteiger partial charge in [0.05, 0.1) is 28.9 Å². The number of aromatic nitrogens is 4. The number of ether oxygens (including phenoxy) is 1. The average molecular weight is 436 g/mol. The Hall–Kier alpha value is -3.16. The largest absolute Gasteiger partial charge is 0.482 e. The Labute approximate surface area is 186 Å². The van der Waals surface area contributed by atoms with E-state index in [0.29, 0.717) is 42.9 Å². The van der Waals surface area contributed by atoms with Crippen LogP contribution in [0.25, 0.3) is 10.9 Å². The Bertz CT molecular complexity index is 1220. The number of ketones is 1. The summed E-state index contributed by atoms with van der Waals surface area (Å²) in [5.41, 5.74) is 0.313. The molecule has 0 saturated carbocycles. The molecule has 0 aliphatic carbocycles. The Morgan fingerprint density at radius 2 is 1.91 bits per heavy atom. The highest BCUT2D eigenvalue weighted by Gasteiger charge is 2.58. The summed E-state index contributed by atoms with van der Waals surface area (Å²) in [4.78, 5) is 28.4. The first-order chi connectivity index (χ1) is 15.0. The summed E-state index contributed by atoms with van der Waals surface area (Å²) < 4.78 is 8.35. The number of hydrogen-bond donors (Lipinski definition) is 1. The molecule has 0 atom stereocenters. The quantitative estimate of drug-likeness (QED) is 0.628. The molecule has 1 aromatic carbocycles. The van der Waals surface area contributed by atoms with Crippen molar-refractivity contribution in [1.82, 2.24) is 24.9 Å². The van der Waals surface area contributed by atoms with Gasteiger partial charge in [0.25, 0.3) is 5.91 Å². The van der Waals surface area contributed by atoms with E-state index in [1.807, 2.05) is 63.9 Å². The third kappa shape index (κ3) is 2.96. The van der Waals surface area contributed by atoms with Crippen molar-refractivity contribution in [1.29, 1.82) is 0 Å². The minimum absolute atomic E-state index is 0.00642. The summed E-state index contributed by atoms with van der Waals surface area (Å²) >= 11 is 0. The van der Waals surface area contributed by atoms with Crippen LogP contribution in [0.1, 0.15) is 68.3 Å². The molecule has 0 unspecified atom stereocenters. The van der Waals surface area contributed by atoms with Gasteiger partial charge in [0.2, 0.25) is 0 Å². The molecule has 5 rings (SSSR count). The van der Waals surface area contributed by atoms with E-state index >= 15 is 0 Å². The van der Waals surface area contributed by atoms with E-state index in [1.165, 1.54) is 0 Å². The molecule has 0 bridgehead atoms. The van der Waals surface area contributed by atoms with Crippen molar-refractivity contribution in [3.63, 3.8) is 0 Å². The number of piperidine rings is 1. The number of fused-ring (bicyclic) bond motifs is 2. The van der Waals surface area contributed by atoms with Gasteiger partial charge in [-0.1, -0.05) is 0 Å². The van der Waals surface area contributed by atoms with Crippen LogP contribution in [0.3, 0.4) is 0 Å². The summed E-state index contributed by atoms with van der Waals surface area (Å²) in [6, 6.07) is 5.57. The van der Waals surface area contributed by atoms with Crippen LogP contribution < -0.4 is 4.74 Å². The summed E-state index contributed by atoms with van der Waals surface area (Å²) in [7, 11) is 0. The number of aromatic amines is 1. The van der Waals surface area contributed by atoms with Crippen LogP contribution in [-0.4, -0.2) is 55.3 Å². The first-order valence-corrected chi connectivity index (χ1v) is 11.1. The number of carbonyl (C=O) groups excluding carboxylic acids is 2. The van der Waals surface area contributed by atoms with Crippen LogP contribution in [-0.2, 0) is 5.54 Å². The van der Waals surface area contributed by atoms with Gasteiger partial charge in [0, 0.05) is 36.9 Å². The zero-order valence-corrected chi connectivity index (χ0v) is 19.2. The molecule has 1 spiro atoms. The van der Waals surface area contributed by atoms with E-state index in [2.05, 4.69) is 15.3 Å². The number of hydrogen-bond acceptors (Lipinski definition) is 5. The molecular weight excluding hydrogens is 406 g/mol. The lowest BCUT2D eigenvalue weighted by Gasteiger charge is -2.51. The smallest absolute Gasteiger partial charge is 0.253 e. The number of likely N-dealkylation sites (tertiary alicyclic amines) is 1. The molecule has 1 amide bonds. The van der Waals surface area contributed by atoms with Crippen LogP contribution in [0.15, 0.2) is 30.6 Å². The lowest BCUT2D eigenvalue weighted by molar-refractivity contribution is -0.0730. The van der Waals surface area contributed by atoms with Gasteiger partial charge in [-0.05, 0) is 52.8 Å². The Kier molecular flexibility index (Phi) is 4.32. The lowest BCUT2D eigenvalue weighted by Crippen LogP contribution is -2.61. The van der Waals surface area contributed by atoms with Crippen molar-refractivity contribution in [2.45, 2.75) is 58.6 Å². The van der Waals surface area contributed by atoms with Crippen LogP contribution in [0.4, 0.5) is 0 Å². The highest BCUT2D eigenvalue weighted by atomic mass is 16.5. The number of benzene rings is 1. The fourth-order valence-electron chi connectivity index (χ4n) is 4.83. The summed E-state index contributed by atoms with van der Waals surface area (Å²) in [6.45, 7) is 11.1. The van der Waals surface area contributed by atoms with Crippen LogP contribution in [0.5, 0.6) is 5.75 Å². The van der Waals surface area contributed by atoms with E-state index in [9.17, 15) is 9.59 Å². The van der Waals surface area contributed by atoms with E-state index in [-0.39, 0.29) is 17.2 Å². The maximum Gasteiger partial charge on any atom is 0.253 e. The SMILES string of the molecule is CC(C)(C)n1cc2c(n1)C(=O)C(C)(C)C1(CCN(C(=O)c3ccc4[nH]ncc4c3)CC1)O2. The first-order valence-electron chi connectivity index (χ1n) is 11.1. The standard InChI is InChI=1S/C24H29N5O3/c1-22(2,3)29-14-18-19(27-29)20(30)23(4,5)24(32-18)8-10-28(11-9-24)21(31)15-6-7-17-16(12-15)13-25-26-17/h6-7,12-14H,8-11H2,1-5H3,(H,25,26). The van der Waals surface area contributed by atoms with Gasteiger partial charge in [0.1, 0.15) is 5.60 Å². The van der Waals surface area contributed by atoms with E-state index < -0.39 is 11.0 Å². The number of nitrogens with zero attached hydrogens (tertiary/aromatic N) is 4. The second kappa shape index (κ2) is 6.67. The van der Waals surface area contributed by atoms with Gasteiger partial charge in [-0.25, -0.2) is 0 Å². The zero-order chi connectivity index (χ0) is 22.9. The fraction of sp³-hybridized carbons (Fsp3) is 0.500. The van der Waals surface area contributed by atoms with Gasteiger partial charge in [-0.2, -0.15) is 10.2 Å². The van der Waals surface area contributed by atoms with E-state index in [0.717, 1.165) is 10.9 Å². The number of H-pyrrole nitrogens is 1. The van der Waals surface area contributed by atoms with Gasteiger partial charge >= 0.3 is 0 Å². The van der Waals surface area contributed by atoms with Crippen LogP contribution in [0.2, 0.25) is 0 Å². The van der Waals surface area contributed by atoms with Crippen molar-refractivity contribution in [2.24, 2.45) is 5.41 Å². The minimum atomic E-state index is -0.734. The topological polar surface area (TPSA) is 93.1 Å². The maximum atomic E-state index is 13.4. The third-order valence-corrected chi connectivity index (χ3v) is 7.14. The highest BCUT2D eigenvalue weighted by Crippen LogP contribution is 2.50. The van der Waals surface area contributed by atoms with Crippen molar-refractivity contribution in [3.05, 3.63) is 41.9 Å². The maximum absolute atomic E-state index is 13.4. The first kappa shape index (κ1) is 20.7. The number of rotatable bonds is 1. The zero-order valence-electron chi connectivity index (χ0n) is 19.2. The molecule has 2 aliphatic rings. The van der Waals surface area contributed by atoms with Gasteiger partial charge in [0.15, 0.2) is 17.2 Å². The molecule has 4 heterocycles. The van der Waals surface area contributed by atoms with E-state index in [4.69, 9.17) is 4.74 Å². The average Bonchev–Trinajstić information content (AvgIpc) is 3.38. The van der Waals surface area contributed by atoms with Crippen LogP contribution in [0, 0.1) is 5.41 Å². The van der Waals surface area contributed by atoms with E-state index in [1.54, 1.807) is 10.9 Å². The minimum Gasteiger partial charge on any atom is -0.482 e. The van der Waals surface area contributed by atoms with Crippen molar-refractivity contribution >= 4 is 22.6 Å². The molecule has 1 fully saturated rings. The highest BCUT2D eigenvalue weighted by molar-refractivity contribution is 6.03. The third-order valence-electron chi connectivity index (χ3n) is 7.14. The molecule has 1 saturated heterocycles. The number of Topliss-reactive ketones (excluding diaryl/α,β-unsaturated/α-hetero) is 1. The predicted molar refractivity (Wildman–Crippen MR) is 120 cm³/mol. The second-order valence-corrected chi connectivity index (χ2v) is 10.5. The molecular formula is C24H29N5O3. The Balaban J connectivity index is 1.39. The predicted octanol–water partition coefficient (Wildman–Crippen LogP) is 3.79. The van der Waals surface area contributed by atoms with Crippen LogP contribution >= 0.6 is 0 Å². The fourth-order valence-corrected chi connectivity index (χ4v) is 4.83. The molecule has 1 N–H and O–H groups in total. The lowest BCUT2D eigenvalue weighted by atomic mass is 9.65. The van der Waals surface area contributed by atoms with Crippen molar-refractivity contribution in [2.75, 3.05) is 13.1 Å². The Morgan fingerprint density at radius 3 is 2.59 bits per heavy atom. The van der Waals surface area contributed by atoms with Gasteiger partial charge < -0.3 is 9.64 Å². The molecule has 3 aromatic rings. The summed E-state index contributed by atoms with van der Waals surface area (Å²) in [5.74, 6) is 0.547.